The maximum absolute atomic E-state index is 11.4. The summed E-state index contributed by atoms with van der Waals surface area (Å²) in [7, 11) is 1.52. The number of benzene rings is 1. The van der Waals surface area contributed by atoms with Gasteiger partial charge < -0.3 is 9.15 Å². The van der Waals surface area contributed by atoms with Gasteiger partial charge in [-0.3, -0.25) is 4.79 Å². The molecule has 4 heteroatoms. The lowest BCUT2D eigenvalue weighted by Crippen LogP contribution is -2.11. The summed E-state index contributed by atoms with van der Waals surface area (Å²) in [5.41, 5.74) is -0.167. The van der Waals surface area contributed by atoms with E-state index in [4.69, 9.17) is 9.15 Å². The summed E-state index contributed by atoms with van der Waals surface area (Å²) in [5, 5.41) is 0.620. The van der Waals surface area contributed by atoms with E-state index < -0.39 is 5.63 Å². The van der Waals surface area contributed by atoms with Crippen molar-refractivity contribution in [2.75, 3.05) is 7.11 Å². The number of hydrogen-bond acceptors (Lipinski definition) is 4. The predicted molar refractivity (Wildman–Crippen MR) is 59.0 cm³/mol. The summed E-state index contributed by atoms with van der Waals surface area (Å²) in [5.74, 6) is 0.255. The zero-order valence-corrected chi connectivity index (χ0v) is 8.94. The van der Waals surface area contributed by atoms with E-state index in [1.807, 2.05) is 0 Å². The van der Waals surface area contributed by atoms with Crippen LogP contribution in [0.4, 0.5) is 0 Å². The maximum atomic E-state index is 11.4. The van der Waals surface area contributed by atoms with E-state index in [2.05, 4.69) is 0 Å². The van der Waals surface area contributed by atoms with Crippen LogP contribution in [0.5, 0.6) is 5.75 Å². The highest BCUT2D eigenvalue weighted by Gasteiger charge is 2.11. The van der Waals surface area contributed by atoms with Crippen LogP contribution < -0.4 is 10.4 Å². The normalized spacial score (nSPS) is 10.4. The van der Waals surface area contributed by atoms with Crippen molar-refractivity contribution in [2.45, 2.75) is 6.92 Å². The second-order valence-corrected chi connectivity index (χ2v) is 3.38. The van der Waals surface area contributed by atoms with Gasteiger partial charge in [0.05, 0.1) is 12.5 Å². The Hall–Kier alpha value is -2.10. The number of ether oxygens (including phenoxy) is 1. The fourth-order valence-corrected chi connectivity index (χ4v) is 1.54. The second-order valence-electron chi connectivity index (χ2n) is 3.38. The molecular weight excluding hydrogens is 208 g/mol. The van der Waals surface area contributed by atoms with E-state index in [1.54, 1.807) is 18.2 Å². The van der Waals surface area contributed by atoms with Crippen LogP contribution >= 0.6 is 0 Å². The molecule has 4 nitrogen and oxygen atoms in total. The third kappa shape index (κ3) is 1.58. The van der Waals surface area contributed by atoms with Crippen LogP contribution in [-0.2, 0) is 0 Å². The van der Waals surface area contributed by atoms with Gasteiger partial charge in [-0.2, -0.15) is 0 Å². The van der Waals surface area contributed by atoms with Crippen LogP contribution in [0.2, 0.25) is 0 Å². The molecular formula is C12H10O4. The van der Waals surface area contributed by atoms with Gasteiger partial charge in [0, 0.05) is 0 Å². The van der Waals surface area contributed by atoms with E-state index in [0.29, 0.717) is 16.7 Å². The molecule has 1 aromatic carbocycles. The van der Waals surface area contributed by atoms with Crippen LogP contribution in [0, 0.1) is 0 Å². The van der Waals surface area contributed by atoms with Crippen LogP contribution in [0.3, 0.4) is 0 Å². The third-order valence-electron chi connectivity index (χ3n) is 2.34. The van der Waals surface area contributed by atoms with Gasteiger partial charge in [0.25, 0.3) is 0 Å². The van der Waals surface area contributed by atoms with Gasteiger partial charge in [0.1, 0.15) is 16.9 Å². The van der Waals surface area contributed by atoms with Crippen molar-refractivity contribution in [3.8, 4) is 5.75 Å². The van der Waals surface area contributed by atoms with Gasteiger partial charge in [0.15, 0.2) is 5.78 Å². The molecule has 0 aliphatic rings. The standard InChI is InChI=1S/C12H10O4/c1-7(13)8-6-9-10(15-2)4-3-5-11(9)16-12(8)14/h3-6H,1-2H3. The van der Waals surface area contributed by atoms with E-state index in [-0.39, 0.29) is 11.3 Å². The number of carbonyl (C=O) groups is 1. The highest BCUT2D eigenvalue weighted by molar-refractivity contribution is 5.97. The Morgan fingerprint density at radius 1 is 1.38 bits per heavy atom. The zero-order valence-electron chi connectivity index (χ0n) is 8.94. The van der Waals surface area contributed by atoms with E-state index in [9.17, 15) is 9.59 Å². The Morgan fingerprint density at radius 2 is 2.12 bits per heavy atom. The fraction of sp³-hybridized carbons (Fsp3) is 0.167. The first kappa shape index (κ1) is 10.4. The molecule has 16 heavy (non-hydrogen) atoms. The van der Waals surface area contributed by atoms with Crippen molar-refractivity contribution in [3.05, 3.63) is 40.2 Å². The lowest BCUT2D eigenvalue weighted by Gasteiger charge is -2.04. The minimum Gasteiger partial charge on any atom is -0.496 e. The fourth-order valence-electron chi connectivity index (χ4n) is 1.54. The number of Topliss-reactive ketones (excluding diaryl/α,β-unsaturated/α-hetero) is 1. The summed E-state index contributed by atoms with van der Waals surface area (Å²) in [6.07, 6.45) is 0. The first-order chi connectivity index (χ1) is 7.63. The molecule has 0 amide bonds. The van der Waals surface area contributed by atoms with Crippen molar-refractivity contribution in [1.29, 1.82) is 0 Å². The minimum absolute atomic E-state index is 0.0389. The van der Waals surface area contributed by atoms with Gasteiger partial charge in [-0.25, -0.2) is 4.79 Å². The first-order valence-electron chi connectivity index (χ1n) is 4.75. The molecule has 0 saturated heterocycles. The molecule has 82 valence electrons. The van der Waals surface area contributed by atoms with Crippen molar-refractivity contribution in [3.63, 3.8) is 0 Å². The van der Waals surface area contributed by atoms with Gasteiger partial charge in [-0.05, 0) is 25.1 Å². The number of fused-ring (bicyclic) bond motifs is 1. The van der Waals surface area contributed by atoms with E-state index in [0.717, 1.165) is 0 Å². The summed E-state index contributed by atoms with van der Waals surface area (Å²) in [6.45, 7) is 1.33. The average molecular weight is 218 g/mol. The lowest BCUT2D eigenvalue weighted by molar-refractivity contribution is 0.101. The third-order valence-corrected chi connectivity index (χ3v) is 2.34. The Labute approximate surface area is 91.4 Å². The predicted octanol–water partition coefficient (Wildman–Crippen LogP) is 2.00. The Kier molecular flexibility index (Phi) is 2.48. The van der Waals surface area contributed by atoms with Gasteiger partial charge in [0.2, 0.25) is 0 Å². The molecule has 2 aromatic rings. The molecule has 0 aliphatic heterocycles. The molecule has 0 spiro atoms. The summed E-state index contributed by atoms with van der Waals surface area (Å²) < 4.78 is 10.2. The zero-order chi connectivity index (χ0) is 11.7. The van der Waals surface area contributed by atoms with Crippen molar-refractivity contribution < 1.29 is 13.9 Å². The number of hydrogen-bond donors (Lipinski definition) is 0. The molecule has 1 heterocycles. The van der Waals surface area contributed by atoms with Crippen LogP contribution in [-0.4, -0.2) is 12.9 Å². The first-order valence-corrected chi connectivity index (χ1v) is 4.75. The highest BCUT2D eigenvalue weighted by atomic mass is 16.5. The molecule has 0 unspecified atom stereocenters. The van der Waals surface area contributed by atoms with Crippen molar-refractivity contribution >= 4 is 16.8 Å². The summed E-state index contributed by atoms with van der Waals surface area (Å²) in [4.78, 5) is 22.7. The van der Waals surface area contributed by atoms with Gasteiger partial charge in [-0.1, -0.05) is 6.07 Å². The smallest absolute Gasteiger partial charge is 0.347 e. The molecule has 0 aliphatic carbocycles. The quantitative estimate of drug-likeness (QED) is 0.571. The molecule has 0 radical (unpaired) electrons. The topological polar surface area (TPSA) is 56.5 Å². The molecule has 0 N–H and O–H groups in total. The Balaban J connectivity index is 2.85. The molecule has 0 bridgehead atoms. The van der Waals surface area contributed by atoms with Crippen LogP contribution in [0.15, 0.2) is 33.5 Å². The van der Waals surface area contributed by atoms with Crippen molar-refractivity contribution in [2.24, 2.45) is 0 Å². The molecule has 2 rings (SSSR count). The largest absolute Gasteiger partial charge is 0.496 e. The highest BCUT2D eigenvalue weighted by Crippen LogP contribution is 2.24. The molecule has 1 aromatic heterocycles. The van der Waals surface area contributed by atoms with Crippen LogP contribution in [0.25, 0.3) is 11.0 Å². The molecule has 0 fully saturated rings. The summed E-state index contributed by atoms with van der Waals surface area (Å²) in [6, 6.07) is 6.62. The second kappa shape index (κ2) is 3.81. The van der Waals surface area contributed by atoms with Gasteiger partial charge >= 0.3 is 5.63 Å². The number of methoxy groups -OCH3 is 1. The molecule has 0 saturated carbocycles. The SMILES string of the molecule is COc1cccc2oc(=O)c(C(C)=O)cc12. The minimum atomic E-state index is -0.617. The number of carbonyl (C=O) groups excluding carboxylic acids is 1. The molecule has 0 atom stereocenters. The number of ketones is 1. The Bertz CT molecular complexity index is 610. The van der Waals surface area contributed by atoms with Gasteiger partial charge in [-0.15, -0.1) is 0 Å². The van der Waals surface area contributed by atoms with E-state index >= 15 is 0 Å². The average Bonchev–Trinajstić information content (AvgIpc) is 2.26. The van der Waals surface area contributed by atoms with E-state index in [1.165, 1.54) is 20.1 Å². The Morgan fingerprint density at radius 3 is 2.75 bits per heavy atom. The maximum Gasteiger partial charge on any atom is 0.347 e. The van der Waals surface area contributed by atoms with Crippen molar-refractivity contribution in [1.82, 2.24) is 0 Å². The van der Waals surface area contributed by atoms with Crippen LogP contribution in [0.1, 0.15) is 17.3 Å². The summed E-state index contributed by atoms with van der Waals surface area (Å²) >= 11 is 0. The number of rotatable bonds is 2. The lowest BCUT2D eigenvalue weighted by atomic mass is 10.1. The monoisotopic (exact) mass is 218 g/mol.